The molecule has 0 N–H and O–H groups in total. The average molecular weight is 596 g/mol. The van der Waals surface area contributed by atoms with Crippen LogP contribution >= 0.6 is 0 Å². The maximum absolute atomic E-state index is 9.64. The summed E-state index contributed by atoms with van der Waals surface area (Å²) < 4.78 is 2.60. The van der Waals surface area contributed by atoms with E-state index in [0.29, 0.717) is 5.56 Å². The van der Waals surface area contributed by atoms with Gasteiger partial charge < -0.3 is 9.38 Å². The van der Waals surface area contributed by atoms with Gasteiger partial charge in [0, 0.05) is 44.4 Å². The fraction of sp³-hybridized carbons (Fsp3) is 0. The Bertz CT molecular complexity index is 2580. The second kappa shape index (κ2) is 9.85. The predicted molar refractivity (Wildman–Crippen MR) is 196 cm³/mol. The maximum atomic E-state index is 9.64. The molecule has 216 valence electrons. The number of fused-ring (bicyclic) bond motifs is 7. The van der Waals surface area contributed by atoms with Gasteiger partial charge in [-0.25, -0.2) is 0 Å². The number of anilines is 3. The van der Waals surface area contributed by atoms with Gasteiger partial charge in [0.15, 0.2) is 0 Å². The molecule has 0 unspecified atom stereocenters. The van der Waals surface area contributed by atoms with Crippen LogP contribution in [0.4, 0.5) is 17.1 Å². The number of nitriles is 1. The molecule has 1 aromatic heterocycles. The van der Waals surface area contributed by atoms with Crippen LogP contribution in [0.3, 0.4) is 0 Å². The Morgan fingerprint density at radius 2 is 1.23 bits per heavy atom. The largest absolute Gasteiger partial charge is 0.375 e. The van der Waals surface area contributed by atoms with Gasteiger partial charge in [-0.3, -0.25) is 0 Å². The first-order valence-corrected chi connectivity index (χ1v) is 16.0. The first kappa shape index (κ1) is 26.0. The van der Waals surface area contributed by atoms with Gasteiger partial charge in [0.2, 0.25) is 0 Å². The van der Waals surface area contributed by atoms with E-state index in [2.05, 4.69) is 161 Å². The molecular formula is C43H26BN3. The quantitative estimate of drug-likeness (QED) is 0.191. The Balaban J connectivity index is 1.45. The third-order valence-electron chi connectivity index (χ3n) is 9.99. The first-order chi connectivity index (χ1) is 23.3. The molecule has 0 aliphatic carbocycles. The Kier molecular flexibility index (Phi) is 5.44. The highest BCUT2D eigenvalue weighted by atomic mass is 15.2. The molecule has 0 fully saturated rings. The third kappa shape index (κ3) is 3.57. The summed E-state index contributed by atoms with van der Waals surface area (Å²) in [6.45, 7) is -0.0223. The number of hydrogen-bond donors (Lipinski definition) is 0. The Labute approximate surface area is 273 Å². The highest BCUT2D eigenvalue weighted by Gasteiger charge is 2.44. The molecule has 3 heterocycles. The van der Waals surface area contributed by atoms with Gasteiger partial charge in [0.1, 0.15) is 0 Å². The highest BCUT2D eigenvalue weighted by Crippen LogP contribution is 2.50. The molecule has 2 aliphatic heterocycles. The van der Waals surface area contributed by atoms with Crippen LogP contribution in [0.2, 0.25) is 0 Å². The minimum absolute atomic E-state index is 0.0223. The second-order valence-electron chi connectivity index (χ2n) is 12.4. The van der Waals surface area contributed by atoms with E-state index in [9.17, 15) is 5.26 Å². The lowest BCUT2D eigenvalue weighted by Gasteiger charge is -2.41. The molecule has 0 amide bonds. The zero-order valence-corrected chi connectivity index (χ0v) is 25.4. The molecule has 8 aromatic rings. The van der Waals surface area contributed by atoms with Crippen molar-refractivity contribution < 1.29 is 0 Å². The average Bonchev–Trinajstić information content (AvgIpc) is 3.48. The summed E-state index contributed by atoms with van der Waals surface area (Å²) in [6, 6.07) is 58.9. The van der Waals surface area contributed by atoms with Crippen LogP contribution in [0, 0.1) is 11.3 Å². The first-order valence-electron chi connectivity index (χ1n) is 16.0. The summed E-state index contributed by atoms with van der Waals surface area (Å²) in [5.74, 6) is 0. The molecule has 3 nitrogen and oxygen atoms in total. The van der Waals surface area contributed by atoms with Gasteiger partial charge in [-0.15, -0.1) is 0 Å². The van der Waals surface area contributed by atoms with Crippen molar-refractivity contribution in [2.75, 3.05) is 4.90 Å². The van der Waals surface area contributed by atoms with E-state index in [1.165, 1.54) is 66.4 Å². The predicted octanol–water partition coefficient (Wildman–Crippen LogP) is 9.42. The number of rotatable bonds is 3. The van der Waals surface area contributed by atoms with E-state index in [0.717, 1.165) is 16.8 Å². The molecule has 0 radical (unpaired) electrons. The Morgan fingerprint density at radius 1 is 0.532 bits per heavy atom. The van der Waals surface area contributed by atoms with Crippen LogP contribution in [0.25, 0.3) is 55.2 Å². The van der Waals surface area contributed by atoms with Crippen LogP contribution in [0.1, 0.15) is 5.56 Å². The van der Waals surface area contributed by atoms with Crippen LogP contribution < -0.4 is 15.8 Å². The second-order valence-corrected chi connectivity index (χ2v) is 12.4. The van der Waals surface area contributed by atoms with Gasteiger partial charge in [-0.1, -0.05) is 115 Å². The van der Waals surface area contributed by atoms with E-state index in [1.54, 1.807) is 0 Å². The molecule has 10 rings (SSSR count). The monoisotopic (exact) mass is 595 g/mol. The minimum atomic E-state index is -0.0223. The van der Waals surface area contributed by atoms with Crippen LogP contribution in [0.15, 0.2) is 158 Å². The van der Waals surface area contributed by atoms with Gasteiger partial charge in [-0.2, -0.15) is 5.26 Å². The normalized spacial score (nSPS) is 12.6. The van der Waals surface area contributed by atoms with Crippen molar-refractivity contribution in [1.82, 2.24) is 4.48 Å². The van der Waals surface area contributed by atoms with Crippen LogP contribution in [-0.4, -0.2) is 11.3 Å². The topological polar surface area (TPSA) is 32.0 Å². The lowest BCUT2D eigenvalue weighted by molar-refractivity contribution is 1.25. The molecule has 0 saturated carbocycles. The standard InChI is InChI=1S/C43H26BN3/c45-27-28-22-24-29(25-23-28)35-26-39-42-41(40(35)30-12-3-1-4-13-30)34-18-11-17-33-32-16-7-9-20-37(32)47(43(33)34)44(42)36-19-8-10-21-38(36)46(39)31-14-5-2-6-15-31/h1-26H. The fourth-order valence-electron chi connectivity index (χ4n) is 8.14. The number of benzene rings is 7. The highest BCUT2D eigenvalue weighted by molar-refractivity contribution is 6.90. The van der Waals surface area contributed by atoms with Crippen molar-refractivity contribution in [2.45, 2.75) is 0 Å². The molecular weight excluding hydrogens is 569 g/mol. The van der Waals surface area contributed by atoms with Crippen molar-refractivity contribution in [3.05, 3.63) is 163 Å². The Morgan fingerprint density at radius 3 is 2.04 bits per heavy atom. The molecule has 0 atom stereocenters. The molecule has 47 heavy (non-hydrogen) atoms. The lowest BCUT2D eigenvalue weighted by Crippen LogP contribution is -2.56. The molecule has 4 heteroatoms. The molecule has 0 bridgehead atoms. The van der Waals surface area contributed by atoms with E-state index in [-0.39, 0.29) is 6.85 Å². The van der Waals surface area contributed by atoms with Gasteiger partial charge >= 0.3 is 6.85 Å². The zero-order valence-electron chi connectivity index (χ0n) is 25.4. The minimum Gasteiger partial charge on any atom is -0.375 e. The number of nitrogens with zero attached hydrogens (tertiary/aromatic N) is 3. The summed E-state index contributed by atoms with van der Waals surface area (Å²) in [7, 11) is 0. The van der Waals surface area contributed by atoms with Gasteiger partial charge in [0.25, 0.3) is 0 Å². The number of hydrogen-bond acceptors (Lipinski definition) is 2. The summed E-state index contributed by atoms with van der Waals surface area (Å²) in [6.07, 6.45) is 0. The zero-order chi connectivity index (χ0) is 31.1. The van der Waals surface area contributed by atoms with Gasteiger partial charge in [0.05, 0.1) is 11.6 Å². The third-order valence-corrected chi connectivity index (χ3v) is 9.99. The fourth-order valence-corrected chi connectivity index (χ4v) is 8.14. The molecule has 2 aliphatic rings. The molecule has 0 saturated heterocycles. The summed E-state index contributed by atoms with van der Waals surface area (Å²) in [4.78, 5) is 2.45. The van der Waals surface area contributed by atoms with Gasteiger partial charge in [-0.05, 0) is 81.2 Å². The lowest BCUT2D eigenvalue weighted by atomic mass is 9.44. The van der Waals surface area contributed by atoms with E-state index in [4.69, 9.17) is 0 Å². The molecule has 7 aromatic carbocycles. The summed E-state index contributed by atoms with van der Waals surface area (Å²) in [5.41, 5.74) is 16.4. The molecule has 0 spiro atoms. The summed E-state index contributed by atoms with van der Waals surface area (Å²) in [5, 5.41) is 12.2. The van der Waals surface area contributed by atoms with E-state index in [1.807, 2.05) is 12.1 Å². The van der Waals surface area contributed by atoms with Crippen molar-refractivity contribution in [2.24, 2.45) is 0 Å². The van der Waals surface area contributed by atoms with Crippen molar-refractivity contribution in [3.63, 3.8) is 0 Å². The van der Waals surface area contributed by atoms with Crippen molar-refractivity contribution in [1.29, 1.82) is 5.26 Å². The summed E-state index contributed by atoms with van der Waals surface area (Å²) >= 11 is 0. The Hall–Kier alpha value is -6.31. The SMILES string of the molecule is N#Cc1ccc(-c2cc3c4c(c2-c2ccccc2)-c2cccc5c6ccccc6n(c25)B4c2ccccc2N3c2ccccc2)cc1. The number of aromatic nitrogens is 1. The van der Waals surface area contributed by atoms with Crippen LogP contribution in [0.5, 0.6) is 0 Å². The van der Waals surface area contributed by atoms with E-state index < -0.39 is 0 Å². The van der Waals surface area contributed by atoms with Crippen LogP contribution in [-0.2, 0) is 0 Å². The maximum Gasteiger partial charge on any atom is 0.333 e. The van der Waals surface area contributed by atoms with Crippen molar-refractivity contribution >= 4 is 56.6 Å². The van der Waals surface area contributed by atoms with Crippen molar-refractivity contribution in [3.8, 4) is 39.4 Å². The number of para-hydroxylation sites is 4. The van der Waals surface area contributed by atoms with E-state index >= 15 is 0 Å². The smallest absolute Gasteiger partial charge is 0.333 e.